The van der Waals surface area contributed by atoms with E-state index in [2.05, 4.69) is 10.3 Å². The smallest absolute Gasteiger partial charge is 0.329 e. The zero-order valence-electron chi connectivity index (χ0n) is 14.2. The number of aromatic nitrogens is 2. The third-order valence-electron chi connectivity index (χ3n) is 4.57. The number of hydrogen-bond donors (Lipinski definition) is 2. The minimum atomic E-state index is -0.639. The first kappa shape index (κ1) is 17.5. The lowest BCUT2D eigenvalue weighted by atomic mass is 10.0. The van der Waals surface area contributed by atoms with Gasteiger partial charge in [-0.25, -0.2) is 9.18 Å². The summed E-state index contributed by atoms with van der Waals surface area (Å²) in [6.45, 7) is -0.232. The Morgan fingerprint density at radius 3 is 2.89 bits per heavy atom. The lowest BCUT2D eigenvalue weighted by Crippen LogP contribution is -2.38. The van der Waals surface area contributed by atoms with Crippen molar-refractivity contribution in [2.75, 3.05) is 5.75 Å². The van der Waals surface area contributed by atoms with E-state index in [0.29, 0.717) is 28.0 Å². The van der Waals surface area contributed by atoms with E-state index >= 15 is 0 Å². The number of H-pyrrole nitrogens is 1. The molecular weight excluding hydrogens is 369 g/mol. The van der Waals surface area contributed by atoms with Crippen LogP contribution in [0.2, 0.25) is 0 Å². The summed E-state index contributed by atoms with van der Waals surface area (Å²) in [6.07, 6.45) is 0.675. The van der Waals surface area contributed by atoms with Gasteiger partial charge < -0.3 is 5.32 Å². The van der Waals surface area contributed by atoms with Gasteiger partial charge in [0, 0.05) is 10.6 Å². The zero-order chi connectivity index (χ0) is 19.0. The van der Waals surface area contributed by atoms with E-state index in [-0.39, 0.29) is 24.3 Å². The highest BCUT2D eigenvalue weighted by Gasteiger charge is 2.24. The van der Waals surface area contributed by atoms with Gasteiger partial charge in [0.25, 0.3) is 5.56 Å². The van der Waals surface area contributed by atoms with E-state index in [1.165, 1.54) is 22.4 Å². The lowest BCUT2D eigenvalue weighted by Gasteiger charge is -2.26. The summed E-state index contributed by atoms with van der Waals surface area (Å²) in [5.74, 6) is 0.0288. The summed E-state index contributed by atoms with van der Waals surface area (Å²) in [4.78, 5) is 39.5. The van der Waals surface area contributed by atoms with Crippen LogP contribution in [0.4, 0.5) is 4.39 Å². The molecule has 0 saturated heterocycles. The number of nitrogens with zero attached hydrogens (tertiary/aromatic N) is 1. The van der Waals surface area contributed by atoms with E-state index in [0.717, 1.165) is 5.56 Å². The first-order valence-corrected chi connectivity index (χ1v) is 9.45. The molecule has 2 aromatic carbocycles. The highest BCUT2D eigenvalue weighted by atomic mass is 32.2. The topological polar surface area (TPSA) is 84.0 Å². The Labute approximate surface area is 157 Å². The van der Waals surface area contributed by atoms with Crippen LogP contribution in [0.25, 0.3) is 10.9 Å². The Kier molecular flexibility index (Phi) is 4.57. The van der Waals surface area contributed by atoms with Crippen molar-refractivity contribution in [1.82, 2.24) is 14.9 Å². The molecule has 3 aromatic rings. The minimum Gasteiger partial charge on any atom is -0.348 e. The number of thioether (sulfide) groups is 1. The number of para-hydroxylation sites is 1. The molecule has 0 bridgehead atoms. The molecule has 0 spiro atoms. The van der Waals surface area contributed by atoms with Gasteiger partial charge >= 0.3 is 5.69 Å². The summed E-state index contributed by atoms with van der Waals surface area (Å²) in [6, 6.07) is 11.1. The molecule has 1 aliphatic rings. The Morgan fingerprint density at radius 1 is 1.22 bits per heavy atom. The van der Waals surface area contributed by atoms with Crippen LogP contribution in [-0.4, -0.2) is 21.2 Å². The van der Waals surface area contributed by atoms with E-state index in [9.17, 15) is 18.8 Å². The SMILES string of the molecule is O=C(Cn1c(=O)[nH]c(=O)c2ccccc21)N[C@@H]1CCSc2c(F)cccc21. The Morgan fingerprint density at radius 2 is 2.04 bits per heavy atom. The van der Waals surface area contributed by atoms with E-state index in [4.69, 9.17) is 0 Å². The predicted octanol–water partition coefficient (Wildman–Crippen LogP) is 2.18. The van der Waals surface area contributed by atoms with Crippen molar-refractivity contribution in [3.05, 3.63) is 74.7 Å². The fraction of sp³-hybridized carbons (Fsp3) is 0.211. The molecule has 6 nitrogen and oxygen atoms in total. The highest BCUT2D eigenvalue weighted by Crippen LogP contribution is 2.37. The van der Waals surface area contributed by atoms with Gasteiger partial charge in [-0.1, -0.05) is 24.3 Å². The number of fused-ring (bicyclic) bond motifs is 2. The summed E-state index contributed by atoms with van der Waals surface area (Å²) in [5, 5.41) is 3.23. The molecule has 138 valence electrons. The first-order valence-electron chi connectivity index (χ1n) is 8.47. The fourth-order valence-corrected chi connectivity index (χ4v) is 4.46. The highest BCUT2D eigenvalue weighted by molar-refractivity contribution is 7.99. The molecule has 1 aromatic heterocycles. The minimum absolute atomic E-state index is 0.232. The number of benzene rings is 2. The van der Waals surface area contributed by atoms with E-state index < -0.39 is 11.2 Å². The van der Waals surface area contributed by atoms with Gasteiger partial charge in [-0.05, 0) is 30.2 Å². The number of aromatic amines is 1. The van der Waals surface area contributed by atoms with Gasteiger partial charge in [0.15, 0.2) is 0 Å². The number of carbonyl (C=O) groups excluding carboxylic acids is 1. The number of nitrogens with one attached hydrogen (secondary N) is 2. The van der Waals surface area contributed by atoms with Crippen LogP contribution in [0.5, 0.6) is 0 Å². The van der Waals surface area contributed by atoms with Gasteiger partial charge in [-0.2, -0.15) is 0 Å². The maximum Gasteiger partial charge on any atom is 0.329 e. The summed E-state index contributed by atoms with van der Waals surface area (Å²) < 4.78 is 15.2. The molecule has 1 atom stereocenters. The largest absolute Gasteiger partial charge is 0.348 e. The molecule has 0 saturated carbocycles. The number of carbonyl (C=O) groups is 1. The van der Waals surface area contributed by atoms with Crippen molar-refractivity contribution in [1.29, 1.82) is 0 Å². The monoisotopic (exact) mass is 385 g/mol. The van der Waals surface area contributed by atoms with Crippen LogP contribution in [0, 0.1) is 5.82 Å². The average Bonchev–Trinajstić information content (AvgIpc) is 2.66. The molecular formula is C19H16FN3O3S. The molecule has 0 unspecified atom stereocenters. The van der Waals surface area contributed by atoms with Crippen LogP contribution in [0.1, 0.15) is 18.0 Å². The standard InChI is InChI=1S/C19H16FN3O3S/c20-13-6-3-5-11-14(8-9-27-17(11)13)21-16(24)10-23-15-7-2-1-4-12(15)18(25)22-19(23)26/h1-7,14H,8-10H2,(H,21,24)(H,22,25,26)/t14-/m1/s1. The molecule has 27 heavy (non-hydrogen) atoms. The predicted molar refractivity (Wildman–Crippen MR) is 101 cm³/mol. The van der Waals surface area contributed by atoms with Crippen molar-refractivity contribution in [3.8, 4) is 0 Å². The van der Waals surface area contributed by atoms with Crippen molar-refractivity contribution in [2.24, 2.45) is 0 Å². The summed E-state index contributed by atoms with van der Waals surface area (Å²) in [5.41, 5.74) is 0.0192. The van der Waals surface area contributed by atoms with Crippen LogP contribution < -0.4 is 16.6 Å². The number of amides is 1. The molecule has 1 amide bonds. The van der Waals surface area contributed by atoms with Gasteiger partial charge in [0.1, 0.15) is 12.4 Å². The lowest BCUT2D eigenvalue weighted by molar-refractivity contribution is -0.122. The Balaban J connectivity index is 1.62. The van der Waals surface area contributed by atoms with Crippen LogP contribution >= 0.6 is 11.8 Å². The molecule has 2 N–H and O–H groups in total. The van der Waals surface area contributed by atoms with Gasteiger partial charge in [0.05, 0.1) is 16.9 Å². The van der Waals surface area contributed by atoms with Gasteiger partial charge in [0.2, 0.25) is 5.91 Å². The van der Waals surface area contributed by atoms with Crippen molar-refractivity contribution in [2.45, 2.75) is 23.9 Å². The molecule has 8 heteroatoms. The Bertz CT molecular complexity index is 1150. The van der Waals surface area contributed by atoms with Crippen molar-refractivity contribution < 1.29 is 9.18 Å². The summed E-state index contributed by atoms with van der Waals surface area (Å²) in [7, 11) is 0. The van der Waals surface area contributed by atoms with Crippen LogP contribution in [0.15, 0.2) is 56.9 Å². The van der Waals surface area contributed by atoms with Crippen LogP contribution in [0.3, 0.4) is 0 Å². The number of hydrogen-bond acceptors (Lipinski definition) is 4. The maximum atomic E-state index is 14.0. The van der Waals surface area contributed by atoms with E-state index in [1.54, 1.807) is 36.4 Å². The first-order chi connectivity index (χ1) is 13.0. The second-order valence-corrected chi connectivity index (χ2v) is 7.38. The molecule has 0 aliphatic carbocycles. The third kappa shape index (κ3) is 3.28. The van der Waals surface area contributed by atoms with Crippen molar-refractivity contribution in [3.63, 3.8) is 0 Å². The molecule has 4 rings (SSSR count). The van der Waals surface area contributed by atoms with Crippen LogP contribution in [-0.2, 0) is 11.3 Å². The molecule has 0 fully saturated rings. The molecule has 2 heterocycles. The Hall–Kier alpha value is -2.87. The van der Waals surface area contributed by atoms with Crippen molar-refractivity contribution >= 4 is 28.6 Å². The third-order valence-corrected chi connectivity index (χ3v) is 5.73. The van der Waals surface area contributed by atoms with Gasteiger partial charge in [-0.3, -0.25) is 19.1 Å². The van der Waals surface area contributed by atoms with Gasteiger partial charge in [-0.15, -0.1) is 11.8 Å². The second kappa shape index (κ2) is 7.03. The normalized spacial score (nSPS) is 16.1. The fourth-order valence-electron chi connectivity index (χ4n) is 3.32. The van der Waals surface area contributed by atoms with E-state index in [1.807, 2.05) is 0 Å². The zero-order valence-corrected chi connectivity index (χ0v) is 15.0. The molecule has 0 radical (unpaired) electrons. The number of rotatable bonds is 3. The molecule has 1 aliphatic heterocycles. The maximum absolute atomic E-state index is 14.0. The summed E-state index contributed by atoms with van der Waals surface area (Å²) >= 11 is 1.43. The number of halogens is 1. The average molecular weight is 385 g/mol. The second-order valence-electron chi connectivity index (χ2n) is 6.28. The quantitative estimate of drug-likeness (QED) is 0.724.